The Labute approximate surface area is 39.0 Å². The van der Waals surface area contributed by atoms with Crippen molar-refractivity contribution in [3.8, 4) is 0 Å². The molecular formula is C5H10N. The highest BCUT2D eigenvalue weighted by atomic mass is 15.2. The lowest BCUT2D eigenvalue weighted by molar-refractivity contribution is 0.571. The van der Waals surface area contributed by atoms with E-state index in [-0.39, 0.29) is 0 Å². The third kappa shape index (κ3) is 0.977. The summed E-state index contributed by atoms with van der Waals surface area (Å²) >= 11 is 0. The molecule has 0 aromatic rings. The summed E-state index contributed by atoms with van der Waals surface area (Å²) in [7, 11) is 0. The Kier molecular flexibility index (Phi) is 1.10. The van der Waals surface area contributed by atoms with Gasteiger partial charge in [-0.15, -0.1) is 0 Å². The van der Waals surface area contributed by atoms with E-state index in [2.05, 4.69) is 18.4 Å². The van der Waals surface area contributed by atoms with Gasteiger partial charge < -0.3 is 0 Å². The van der Waals surface area contributed by atoms with Crippen LogP contribution in [0.3, 0.4) is 0 Å². The van der Waals surface area contributed by atoms with Crippen LogP contribution >= 0.6 is 0 Å². The molecule has 0 spiro atoms. The number of nitrogens with zero attached hydrogens (tertiary/aromatic N) is 1. The van der Waals surface area contributed by atoms with E-state index in [1.165, 1.54) is 19.5 Å². The summed E-state index contributed by atoms with van der Waals surface area (Å²) in [6, 6.07) is 0. The zero-order chi connectivity index (χ0) is 4.41. The Morgan fingerprint density at radius 1 is 1.83 bits per heavy atom. The molecule has 0 aliphatic carbocycles. The molecule has 1 rings (SSSR count). The summed E-state index contributed by atoms with van der Waals surface area (Å²) in [6.45, 7) is 6.91. The lowest BCUT2D eigenvalue weighted by Gasteiger charge is -1.88. The highest BCUT2D eigenvalue weighted by Gasteiger charge is 2.14. The number of rotatable bonds is 2. The topological polar surface area (TPSA) is 3.01 Å². The van der Waals surface area contributed by atoms with Crippen LogP contribution in [-0.4, -0.2) is 18.0 Å². The van der Waals surface area contributed by atoms with Gasteiger partial charge in [0.25, 0.3) is 0 Å². The molecule has 1 unspecified atom stereocenters. The minimum atomic E-state index is 1.23. The quantitative estimate of drug-likeness (QED) is 0.449. The lowest BCUT2D eigenvalue weighted by atomic mass is 10.5. The van der Waals surface area contributed by atoms with Crippen LogP contribution < -0.4 is 0 Å². The van der Waals surface area contributed by atoms with Crippen molar-refractivity contribution >= 4 is 0 Å². The van der Waals surface area contributed by atoms with E-state index in [0.29, 0.717) is 0 Å². The van der Waals surface area contributed by atoms with Gasteiger partial charge in [-0.2, -0.15) is 0 Å². The third-order valence-electron chi connectivity index (χ3n) is 0.952. The zero-order valence-electron chi connectivity index (χ0n) is 4.15. The molecule has 1 radical (unpaired) electrons. The molecule has 1 atom stereocenters. The van der Waals surface area contributed by atoms with Gasteiger partial charge >= 0.3 is 0 Å². The first-order valence-electron chi connectivity index (χ1n) is 2.51. The molecule has 1 saturated heterocycles. The van der Waals surface area contributed by atoms with Crippen LogP contribution in [0.4, 0.5) is 0 Å². The zero-order valence-corrected chi connectivity index (χ0v) is 4.15. The Hall–Kier alpha value is -0.0400. The first-order valence-corrected chi connectivity index (χ1v) is 2.51. The predicted molar refractivity (Wildman–Crippen MR) is 26.2 cm³/mol. The molecule has 0 saturated carbocycles. The second kappa shape index (κ2) is 1.61. The van der Waals surface area contributed by atoms with Gasteiger partial charge in [-0.25, -0.2) is 0 Å². The maximum Gasteiger partial charge on any atom is 0.0392 e. The van der Waals surface area contributed by atoms with Crippen molar-refractivity contribution in [2.45, 2.75) is 13.3 Å². The van der Waals surface area contributed by atoms with Crippen molar-refractivity contribution in [2.24, 2.45) is 0 Å². The van der Waals surface area contributed by atoms with Crippen LogP contribution in [-0.2, 0) is 0 Å². The Morgan fingerprint density at radius 2 is 2.50 bits per heavy atom. The summed E-state index contributed by atoms with van der Waals surface area (Å²) in [5.41, 5.74) is 0. The van der Waals surface area contributed by atoms with Crippen molar-refractivity contribution < 1.29 is 0 Å². The minimum absolute atomic E-state index is 1.23. The summed E-state index contributed by atoms with van der Waals surface area (Å²) in [6.07, 6.45) is 1.29. The van der Waals surface area contributed by atoms with Crippen LogP contribution in [0.2, 0.25) is 0 Å². The maximum atomic E-state index is 2.31. The first-order chi connectivity index (χ1) is 2.93. The Bertz CT molecular complexity index is 39.2. The number of hydrogen-bond acceptors (Lipinski definition) is 1. The summed E-state index contributed by atoms with van der Waals surface area (Å²) in [4.78, 5) is 2.31. The molecule has 0 aromatic carbocycles. The lowest BCUT2D eigenvalue weighted by Crippen LogP contribution is -1.93. The molecule has 6 heavy (non-hydrogen) atoms. The molecule has 0 amide bonds. The van der Waals surface area contributed by atoms with Crippen LogP contribution in [0.15, 0.2) is 0 Å². The van der Waals surface area contributed by atoms with Gasteiger partial charge in [0, 0.05) is 13.1 Å². The van der Waals surface area contributed by atoms with E-state index < -0.39 is 0 Å². The highest BCUT2D eigenvalue weighted by molar-refractivity contribution is 4.86. The van der Waals surface area contributed by atoms with Crippen molar-refractivity contribution in [2.75, 3.05) is 13.1 Å². The fraction of sp³-hybridized carbons (Fsp3) is 0.800. The number of hydrogen-bond donors (Lipinski definition) is 0. The van der Waals surface area contributed by atoms with Gasteiger partial charge in [-0.1, -0.05) is 6.92 Å². The van der Waals surface area contributed by atoms with E-state index in [1.807, 2.05) is 0 Å². The van der Waals surface area contributed by atoms with E-state index in [9.17, 15) is 0 Å². The average molecular weight is 84.1 g/mol. The van der Waals surface area contributed by atoms with Crippen LogP contribution in [0.1, 0.15) is 13.3 Å². The second-order valence-electron chi connectivity index (χ2n) is 1.68. The van der Waals surface area contributed by atoms with E-state index >= 15 is 0 Å². The molecule has 1 aliphatic heterocycles. The molecular weight excluding hydrogens is 74.1 g/mol. The van der Waals surface area contributed by atoms with Gasteiger partial charge in [0.1, 0.15) is 0 Å². The Balaban J connectivity index is 1.88. The van der Waals surface area contributed by atoms with E-state index in [4.69, 9.17) is 0 Å². The normalized spacial score (nSPS) is 21.5. The van der Waals surface area contributed by atoms with Gasteiger partial charge in [0.15, 0.2) is 0 Å². The molecule has 1 aliphatic rings. The predicted octanol–water partition coefficient (Wildman–Crippen LogP) is 0.874. The molecule has 1 fully saturated rings. The molecule has 1 heteroatoms. The van der Waals surface area contributed by atoms with Crippen molar-refractivity contribution in [1.82, 2.24) is 4.90 Å². The summed E-state index contributed by atoms with van der Waals surface area (Å²) in [5.74, 6) is 0. The van der Waals surface area contributed by atoms with Gasteiger partial charge in [-0.3, -0.25) is 4.90 Å². The fourth-order valence-electron chi connectivity index (χ4n) is 0.528. The average Bonchev–Trinajstić information content (AvgIpc) is 2.21. The fourth-order valence-corrected chi connectivity index (χ4v) is 0.528. The smallest absolute Gasteiger partial charge is 0.0392 e. The van der Waals surface area contributed by atoms with Crippen LogP contribution in [0.25, 0.3) is 0 Å². The minimum Gasteiger partial charge on any atom is -0.296 e. The standard InChI is InChI=1S/C5H10N/c1-2-3-6-4-5-6/h4H,2-3,5H2,1H3. The molecule has 0 aromatic heterocycles. The molecule has 0 bridgehead atoms. The van der Waals surface area contributed by atoms with Crippen molar-refractivity contribution in [1.29, 1.82) is 0 Å². The van der Waals surface area contributed by atoms with Crippen LogP contribution in [0.5, 0.6) is 0 Å². The van der Waals surface area contributed by atoms with E-state index in [1.54, 1.807) is 0 Å². The summed E-state index contributed by atoms with van der Waals surface area (Å²) < 4.78 is 0. The first kappa shape index (κ1) is 4.13. The van der Waals surface area contributed by atoms with E-state index in [0.717, 1.165) is 0 Å². The maximum absolute atomic E-state index is 2.31. The SMILES string of the molecule is CCCN1[CH]C1. The monoisotopic (exact) mass is 84.1 g/mol. The van der Waals surface area contributed by atoms with Crippen LogP contribution in [0, 0.1) is 6.54 Å². The second-order valence-corrected chi connectivity index (χ2v) is 1.68. The highest BCUT2D eigenvalue weighted by Crippen LogP contribution is 2.08. The largest absolute Gasteiger partial charge is 0.296 e. The van der Waals surface area contributed by atoms with Crippen molar-refractivity contribution in [3.05, 3.63) is 6.54 Å². The Morgan fingerprint density at radius 3 is 2.67 bits per heavy atom. The van der Waals surface area contributed by atoms with Crippen molar-refractivity contribution in [3.63, 3.8) is 0 Å². The van der Waals surface area contributed by atoms with Gasteiger partial charge in [0.2, 0.25) is 0 Å². The third-order valence-corrected chi connectivity index (χ3v) is 0.952. The molecule has 35 valence electrons. The van der Waals surface area contributed by atoms with Gasteiger partial charge in [0.05, 0.1) is 0 Å². The molecule has 1 heterocycles. The van der Waals surface area contributed by atoms with Gasteiger partial charge in [-0.05, 0) is 13.0 Å². The summed E-state index contributed by atoms with van der Waals surface area (Å²) in [5, 5.41) is 0. The molecule has 0 N–H and O–H groups in total. The molecule has 1 nitrogen and oxygen atoms in total.